The molecule has 2 rings (SSSR count). The molecule has 1 atom stereocenters. The quantitative estimate of drug-likeness (QED) is 0.889. The predicted octanol–water partition coefficient (Wildman–Crippen LogP) is 2.29. The van der Waals surface area contributed by atoms with E-state index in [1.54, 1.807) is 30.1 Å². The molecule has 0 fully saturated rings. The number of hydrogen-bond acceptors (Lipinski definition) is 3. The number of halogens is 1. The minimum absolute atomic E-state index is 0.163. The lowest BCUT2D eigenvalue weighted by molar-refractivity contribution is 0.0932. The van der Waals surface area contributed by atoms with Gasteiger partial charge in [0.2, 0.25) is 0 Å². The molecule has 1 aromatic carbocycles. The van der Waals surface area contributed by atoms with E-state index >= 15 is 0 Å². The third-order valence-corrected chi connectivity index (χ3v) is 3.92. The van der Waals surface area contributed by atoms with Crippen LogP contribution in [0.2, 0.25) is 0 Å². The van der Waals surface area contributed by atoms with E-state index in [0.717, 1.165) is 24.2 Å². The van der Waals surface area contributed by atoms with Gasteiger partial charge in [0.05, 0.1) is 17.8 Å². The molecule has 1 heterocycles. The van der Waals surface area contributed by atoms with Crippen molar-refractivity contribution in [3.63, 3.8) is 0 Å². The van der Waals surface area contributed by atoms with Gasteiger partial charge in [0.1, 0.15) is 5.82 Å². The van der Waals surface area contributed by atoms with Gasteiger partial charge >= 0.3 is 0 Å². The molecule has 0 aliphatic carbocycles. The Labute approximate surface area is 136 Å². The fourth-order valence-electron chi connectivity index (χ4n) is 2.36. The molecule has 0 saturated heterocycles. The summed E-state index contributed by atoms with van der Waals surface area (Å²) in [7, 11) is 5.76. The van der Waals surface area contributed by atoms with Crippen LogP contribution in [0.15, 0.2) is 30.5 Å². The van der Waals surface area contributed by atoms with Crippen molar-refractivity contribution < 1.29 is 9.18 Å². The molecular formula is C17H23FN4O. The van der Waals surface area contributed by atoms with Crippen LogP contribution in [-0.4, -0.2) is 41.2 Å². The molecule has 0 aliphatic heterocycles. The van der Waals surface area contributed by atoms with Crippen molar-refractivity contribution >= 4 is 5.91 Å². The molecule has 124 valence electrons. The van der Waals surface area contributed by atoms with Crippen LogP contribution >= 0.6 is 0 Å². The Morgan fingerprint density at radius 3 is 2.52 bits per heavy atom. The fraction of sp³-hybridized carbons (Fsp3) is 0.412. The topological polar surface area (TPSA) is 50.2 Å². The first kappa shape index (κ1) is 17.1. The molecule has 0 aliphatic rings. The number of carbonyl (C=O) groups excluding carboxylic acids is 1. The molecule has 23 heavy (non-hydrogen) atoms. The van der Waals surface area contributed by atoms with Crippen molar-refractivity contribution in [1.82, 2.24) is 20.0 Å². The van der Waals surface area contributed by atoms with Crippen molar-refractivity contribution in [2.75, 3.05) is 20.6 Å². The van der Waals surface area contributed by atoms with Gasteiger partial charge < -0.3 is 10.2 Å². The average Bonchev–Trinajstić information content (AvgIpc) is 2.84. The van der Waals surface area contributed by atoms with Crippen LogP contribution in [0, 0.1) is 12.7 Å². The summed E-state index contributed by atoms with van der Waals surface area (Å²) in [5.41, 5.74) is 2.26. The van der Waals surface area contributed by atoms with Gasteiger partial charge in [-0.3, -0.25) is 9.48 Å². The smallest absolute Gasteiger partial charge is 0.255 e. The van der Waals surface area contributed by atoms with Crippen molar-refractivity contribution in [3.05, 3.63) is 53.1 Å². The highest BCUT2D eigenvalue weighted by Crippen LogP contribution is 2.19. The molecule has 5 nitrogen and oxygen atoms in total. The van der Waals surface area contributed by atoms with Crippen molar-refractivity contribution in [2.45, 2.75) is 19.4 Å². The van der Waals surface area contributed by atoms with Gasteiger partial charge in [0.25, 0.3) is 5.91 Å². The lowest BCUT2D eigenvalue weighted by Crippen LogP contribution is -2.31. The third kappa shape index (κ3) is 4.39. The molecule has 1 unspecified atom stereocenters. The summed E-state index contributed by atoms with van der Waals surface area (Å²) < 4.78 is 14.8. The van der Waals surface area contributed by atoms with Gasteiger partial charge in [-0.25, -0.2) is 4.39 Å². The second-order valence-electron chi connectivity index (χ2n) is 5.94. The number of aromatic nitrogens is 2. The van der Waals surface area contributed by atoms with Crippen molar-refractivity contribution in [2.24, 2.45) is 7.05 Å². The van der Waals surface area contributed by atoms with E-state index in [2.05, 4.69) is 15.3 Å². The summed E-state index contributed by atoms with van der Waals surface area (Å²) in [6, 6.07) is 6.09. The molecule has 0 bridgehead atoms. The zero-order valence-electron chi connectivity index (χ0n) is 14.0. The highest BCUT2D eigenvalue weighted by molar-refractivity contribution is 5.95. The van der Waals surface area contributed by atoms with Gasteiger partial charge in [0.15, 0.2) is 0 Å². The normalized spacial score (nSPS) is 12.4. The molecule has 0 saturated carbocycles. The Kier molecular flexibility index (Phi) is 5.50. The lowest BCUT2D eigenvalue weighted by Gasteiger charge is -2.21. The molecule has 1 N–H and O–H groups in total. The molecule has 0 radical (unpaired) electrons. The summed E-state index contributed by atoms with van der Waals surface area (Å²) >= 11 is 0. The van der Waals surface area contributed by atoms with Crippen molar-refractivity contribution in [1.29, 1.82) is 0 Å². The first-order chi connectivity index (χ1) is 10.9. The Balaban J connectivity index is 2.18. The largest absolute Gasteiger partial charge is 0.345 e. The summed E-state index contributed by atoms with van der Waals surface area (Å²) in [4.78, 5) is 14.6. The second kappa shape index (κ2) is 7.37. The molecule has 1 amide bonds. The molecule has 2 aromatic rings. The minimum atomic E-state index is -0.283. The molecule has 0 spiro atoms. The summed E-state index contributed by atoms with van der Waals surface area (Å²) in [6.45, 7) is 2.67. The van der Waals surface area contributed by atoms with Gasteiger partial charge in [-0.2, -0.15) is 5.10 Å². The van der Waals surface area contributed by atoms with Gasteiger partial charge in [-0.15, -0.1) is 0 Å². The summed E-state index contributed by atoms with van der Waals surface area (Å²) in [6.07, 6.45) is 2.31. The van der Waals surface area contributed by atoms with Gasteiger partial charge in [-0.1, -0.05) is 12.1 Å². The zero-order chi connectivity index (χ0) is 17.0. The maximum Gasteiger partial charge on any atom is 0.255 e. The maximum atomic E-state index is 13.1. The van der Waals surface area contributed by atoms with E-state index in [9.17, 15) is 9.18 Å². The monoisotopic (exact) mass is 318 g/mol. The Morgan fingerprint density at radius 1 is 1.35 bits per heavy atom. The molecule has 1 aromatic heterocycles. The first-order valence-electron chi connectivity index (χ1n) is 7.58. The predicted molar refractivity (Wildman–Crippen MR) is 87.7 cm³/mol. The highest BCUT2D eigenvalue weighted by atomic mass is 19.1. The number of amides is 1. The maximum absolute atomic E-state index is 13.1. The SMILES string of the molecule is Cc1c(C(=O)NC(CCN(C)C)c2ccc(F)cc2)cnn1C. The number of nitrogens with one attached hydrogen (secondary N) is 1. The zero-order valence-corrected chi connectivity index (χ0v) is 14.0. The number of carbonyl (C=O) groups is 1. The van der Waals surface area contributed by atoms with Gasteiger partial charge in [-0.05, 0) is 51.7 Å². The first-order valence-corrected chi connectivity index (χ1v) is 7.58. The van der Waals surface area contributed by atoms with E-state index in [-0.39, 0.29) is 17.8 Å². The second-order valence-corrected chi connectivity index (χ2v) is 5.94. The number of aryl methyl sites for hydroxylation is 1. The van der Waals surface area contributed by atoms with Crippen LogP contribution in [0.4, 0.5) is 4.39 Å². The van der Waals surface area contributed by atoms with Crippen LogP contribution in [0.3, 0.4) is 0 Å². The number of rotatable bonds is 6. The molecule has 6 heteroatoms. The van der Waals surface area contributed by atoms with E-state index in [1.807, 2.05) is 21.0 Å². The summed E-state index contributed by atoms with van der Waals surface area (Å²) in [5.74, 6) is -0.446. The Hall–Kier alpha value is -2.21. The highest BCUT2D eigenvalue weighted by Gasteiger charge is 2.19. The van der Waals surface area contributed by atoms with Crippen LogP contribution in [0.5, 0.6) is 0 Å². The number of benzene rings is 1. The molecular weight excluding hydrogens is 295 g/mol. The van der Waals surface area contributed by atoms with E-state index < -0.39 is 0 Å². The van der Waals surface area contributed by atoms with E-state index in [1.165, 1.54) is 12.1 Å². The number of nitrogens with zero attached hydrogens (tertiary/aromatic N) is 3. The number of hydrogen-bond donors (Lipinski definition) is 1. The summed E-state index contributed by atoms with van der Waals surface area (Å²) in [5, 5.41) is 7.14. The standard InChI is InChI=1S/C17H23FN4O/c1-12-15(11-19-22(12)4)17(23)20-16(9-10-21(2)3)13-5-7-14(18)8-6-13/h5-8,11,16H,9-10H2,1-4H3,(H,20,23). The average molecular weight is 318 g/mol. The van der Waals surface area contributed by atoms with Crippen LogP contribution < -0.4 is 5.32 Å². The van der Waals surface area contributed by atoms with Crippen LogP contribution in [0.1, 0.15) is 34.1 Å². The van der Waals surface area contributed by atoms with E-state index in [4.69, 9.17) is 0 Å². The third-order valence-electron chi connectivity index (χ3n) is 3.92. The van der Waals surface area contributed by atoms with Crippen LogP contribution in [0.25, 0.3) is 0 Å². The minimum Gasteiger partial charge on any atom is -0.345 e. The van der Waals surface area contributed by atoms with E-state index in [0.29, 0.717) is 5.56 Å². The fourth-order valence-corrected chi connectivity index (χ4v) is 2.36. The Morgan fingerprint density at radius 2 is 2.00 bits per heavy atom. The van der Waals surface area contributed by atoms with Crippen molar-refractivity contribution in [3.8, 4) is 0 Å². The van der Waals surface area contributed by atoms with Crippen LogP contribution in [-0.2, 0) is 7.05 Å². The lowest BCUT2D eigenvalue weighted by atomic mass is 10.0. The Bertz CT molecular complexity index is 664. The van der Waals surface area contributed by atoms with Gasteiger partial charge in [0, 0.05) is 12.7 Å².